The van der Waals surface area contributed by atoms with Crippen LogP contribution in [0.4, 0.5) is 0 Å². The average Bonchev–Trinajstić information content (AvgIpc) is 2.55. The molecule has 1 aliphatic rings. The Bertz CT molecular complexity index is 739. The number of benzene rings is 1. The zero-order chi connectivity index (χ0) is 17.9. The van der Waals surface area contributed by atoms with Gasteiger partial charge < -0.3 is 10.4 Å². The van der Waals surface area contributed by atoms with Crippen LogP contribution in [-0.4, -0.2) is 48.8 Å². The summed E-state index contributed by atoms with van der Waals surface area (Å²) < 4.78 is 26.8. The van der Waals surface area contributed by atoms with Gasteiger partial charge in [0.2, 0.25) is 10.0 Å². The van der Waals surface area contributed by atoms with E-state index in [1.165, 1.54) is 23.4 Å². The van der Waals surface area contributed by atoms with E-state index in [9.17, 15) is 18.0 Å². The molecule has 7 nitrogen and oxygen atoms in total. The molecule has 0 bridgehead atoms. The normalized spacial score (nSPS) is 17.2. The average molecular weight is 354 g/mol. The molecule has 0 spiro atoms. The zero-order valence-electron chi connectivity index (χ0n) is 13.8. The molecule has 0 unspecified atom stereocenters. The monoisotopic (exact) mass is 354 g/mol. The second-order valence-corrected chi connectivity index (χ2v) is 7.91. The van der Waals surface area contributed by atoms with Crippen molar-refractivity contribution in [2.45, 2.75) is 44.0 Å². The fourth-order valence-corrected chi connectivity index (χ4v) is 4.14. The van der Waals surface area contributed by atoms with Gasteiger partial charge in [-0.15, -0.1) is 0 Å². The van der Waals surface area contributed by atoms with Crippen LogP contribution in [0.2, 0.25) is 0 Å². The number of nitrogens with zero attached hydrogens (tertiary/aromatic N) is 1. The van der Waals surface area contributed by atoms with Gasteiger partial charge in [-0.2, -0.15) is 4.31 Å². The third-order valence-corrected chi connectivity index (χ3v) is 6.02. The molecule has 132 valence electrons. The Morgan fingerprint density at radius 3 is 2.42 bits per heavy atom. The molecule has 24 heavy (non-hydrogen) atoms. The fraction of sp³-hybridized carbons (Fsp3) is 0.500. The largest absolute Gasteiger partial charge is 0.480 e. The first kappa shape index (κ1) is 18.4. The smallest absolute Gasteiger partial charge is 0.325 e. The summed E-state index contributed by atoms with van der Waals surface area (Å²) in [6, 6.07) is 3.32. The molecule has 0 aromatic heterocycles. The Kier molecular flexibility index (Phi) is 5.61. The summed E-state index contributed by atoms with van der Waals surface area (Å²) in [6.45, 7) is 3.99. The van der Waals surface area contributed by atoms with Crippen LogP contribution in [0.25, 0.3) is 0 Å². The first-order valence-corrected chi connectivity index (χ1v) is 9.32. The van der Waals surface area contributed by atoms with Crippen molar-refractivity contribution in [1.29, 1.82) is 0 Å². The van der Waals surface area contributed by atoms with E-state index >= 15 is 0 Å². The number of sulfonamides is 1. The second-order valence-electron chi connectivity index (χ2n) is 5.97. The number of aryl methyl sites for hydroxylation is 1. The van der Waals surface area contributed by atoms with Crippen LogP contribution in [0, 0.1) is 6.92 Å². The minimum Gasteiger partial charge on any atom is -0.480 e. The maximum Gasteiger partial charge on any atom is 0.325 e. The molecule has 1 aliphatic heterocycles. The van der Waals surface area contributed by atoms with Crippen LogP contribution in [0.5, 0.6) is 0 Å². The van der Waals surface area contributed by atoms with Crippen molar-refractivity contribution in [1.82, 2.24) is 9.62 Å². The van der Waals surface area contributed by atoms with E-state index < -0.39 is 27.9 Å². The van der Waals surface area contributed by atoms with Crippen molar-refractivity contribution in [3.63, 3.8) is 0 Å². The fourth-order valence-electron chi connectivity index (χ4n) is 2.60. The molecular formula is C16H22N2O5S. The lowest BCUT2D eigenvalue weighted by atomic mass is 10.1. The lowest BCUT2D eigenvalue weighted by Crippen LogP contribution is -2.39. The lowest BCUT2D eigenvalue weighted by Gasteiger charge is -2.26. The lowest BCUT2D eigenvalue weighted by molar-refractivity contribution is -0.138. The standard InChI is InChI=1S/C16H22N2O5S/c1-11-6-7-13(24(22,23)18-8-4-3-5-9-18)10-14(11)15(19)17-12(2)16(20)21/h6-7,10,12H,3-5,8-9H2,1-2H3,(H,17,19)(H,20,21)/t12-/m0/s1. The Hall–Kier alpha value is -1.93. The van der Waals surface area contributed by atoms with Gasteiger partial charge in [-0.1, -0.05) is 12.5 Å². The number of piperidine rings is 1. The highest BCUT2D eigenvalue weighted by Gasteiger charge is 2.27. The van der Waals surface area contributed by atoms with Crippen molar-refractivity contribution in [2.75, 3.05) is 13.1 Å². The SMILES string of the molecule is Cc1ccc(S(=O)(=O)N2CCCCC2)cc1C(=O)N[C@@H](C)C(=O)O. The molecule has 1 aromatic carbocycles. The van der Waals surface area contributed by atoms with Crippen molar-refractivity contribution in [3.8, 4) is 0 Å². The molecule has 1 aromatic rings. The van der Waals surface area contributed by atoms with E-state index in [1.54, 1.807) is 13.0 Å². The minimum absolute atomic E-state index is 0.0585. The van der Waals surface area contributed by atoms with Crippen LogP contribution in [0.15, 0.2) is 23.1 Å². The van der Waals surface area contributed by atoms with Gasteiger partial charge in [-0.25, -0.2) is 8.42 Å². The Morgan fingerprint density at radius 2 is 1.83 bits per heavy atom. The minimum atomic E-state index is -3.64. The summed E-state index contributed by atoms with van der Waals surface area (Å²) in [5.41, 5.74) is 0.754. The maximum atomic E-state index is 12.7. The molecule has 1 fully saturated rings. The Labute approximate surface area is 141 Å². The Morgan fingerprint density at radius 1 is 1.21 bits per heavy atom. The summed E-state index contributed by atoms with van der Waals surface area (Å²) in [5.74, 6) is -1.75. The quantitative estimate of drug-likeness (QED) is 0.831. The number of carboxylic acid groups (broad SMARTS) is 1. The van der Waals surface area contributed by atoms with E-state index in [-0.39, 0.29) is 10.5 Å². The van der Waals surface area contributed by atoms with Crippen molar-refractivity contribution in [3.05, 3.63) is 29.3 Å². The van der Waals surface area contributed by atoms with Crippen LogP contribution in [0.3, 0.4) is 0 Å². The number of aliphatic carboxylic acids is 1. The van der Waals surface area contributed by atoms with E-state index in [0.29, 0.717) is 18.7 Å². The number of hydrogen-bond acceptors (Lipinski definition) is 4. The van der Waals surface area contributed by atoms with Crippen molar-refractivity contribution < 1.29 is 23.1 Å². The highest BCUT2D eigenvalue weighted by atomic mass is 32.2. The van der Waals surface area contributed by atoms with Gasteiger partial charge >= 0.3 is 5.97 Å². The van der Waals surface area contributed by atoms with Crippen LogP contribution >= 0.6 is 0 Å². The Balaban J connectivity index is 2.31. The zero-order valence-corrected chi connectivity index (χ0v) is 14.6. The molecule has 0 saturated carbocycles. The molecule has 1 atom stereocenters. The van der Waals surface area contributed by atoms with Crippen molar-refractivity contribution in [2.24, 2.45) is 0 Å². The molecule has 2 N–H and O–H groups in total. The van der Waals surface area contributed by atoms with Crippen molar-refractivity contribution >= 4 is 21.9 Å². The number of carboxylic acids is 1. The number of amides is 1. The van der Waals surface area contributed by atoms with Crippen LogP contribution in [-0.2, 0) is 14.8 Å². The first-order chi connectivity index (χ1) is 11.2. The van der Waals surface area contributed by atoms with E-state index in [0.717, 1.165) is 19.3 Å². The molecule has 0 radical (unpaired) electrons. The molecule has 8 heteroatoms. The number of nitrogens with one attached hydrogen (secondary N) is 1. The molecule has 2 rings (SSSR count). The third-order valence-electron chi connectivity index (χ3n) is 4.12. The summed E-state index contributed by atoms with van der Waals surface area (Å²) in [6.07, 6.45) is 2.67. The number of rotatable bonds is 5. The number of hydrogen-bond donors (Lipinski definition) is 2. The molecule has 0 aliphatic carbocycles. The second kappa shape index (κ2) is 7.31. The van der Waals surface area contributed by atoms with Gasteiger partial charge in [0.1, 0.15) is 6.04 Å². The molecule has 1 heterocycles. The first-order valence-electron chi connectivity index (χ1n) is 7.88. The van der Waals surface area contributed by atoms with Gasteiger partial charge in [-0.05, 0) is 44.4 Å². The highest BCUT2D eigenvalue weighted by molar-refractivity contribution is 7.89. The summed E-state index contributed by atoms with van der Waals surface area (Å²) in [5, 5.41) is 11.2. The molecular weight excluding hydrogens is 332 g/mol. The van der Waals surface area contributed by atoms with Gasteiger partial charge in [0.05, 0.1) is 4.90 Å². The van der Waals surface area contributed by atoms with E-state index in [2.05, 4.69) is 5.32 Å². The number of carbonyl (C=O) groups is 2. The third kappa shape index (κ3) is 3.93. The summed E-state index contributed by atoms with van der Waals surface area (Å²) >= 11 is 0. The predicted molar refractivity (Wildman–Crippen MR) is 88.4 cm³/mol. The van der Waals surface area contributed by atoms with Crippen LogP contribution < -0.4 is 5.32 Å². The summed E-state index contributed by atoms with van der Waals surface area (Å²) in [7, 11) is -3.64. The van der Waals surface area contributed by atoms with Gasteiger partial charge in [0.15, 0.2) is 0 Å². The highest BCUT2D eigenvalue weighted by Crippen LogP contribution is 2.22. The molecule has 1 saturated heterocycles. The summed E-state index contributed by atoms with van der Waals surface area (Å²) in [4.78, 5) is 23.2. The van der Waals surface area contributed by atoms with E-state index in [4.69, 9.17) is 5.11 Å². The topological polar surface area (TPSA) is 104 Å². The van der Waals surface area contributed by atoms with Gasteiger partial charge in [0, 0.05) is 18.7 Å². The number of carbonyl (C=O) groups excluding carboxylic acids is 1. The van der Waals surface area contributed by atoms with Crippen LogP contribution in [0.1, 0.15) is 42.1 Å². The van der Waals surface area contributed by atoms with E-state index in [1.807, 2.05) is 0 Å². The van der Waals surface area contributed by atoms with Gasteiger partial charge in [-0.3, -0.25) is 9.59 Å². The van der Waals surface area contributed by atoms with Gasteiger partial charge in [0.25, 0.3) is 5.91 Å². The predicted octanol–water partition coefficient (Wildman–Crippen LogP) is 1.37. The molecule has 1 amide bonds. The maximum absolute atomic E-state index is 12.7.